The normalized spacial score (nSPS) is 18.1. The number of rotatable bonds is 3. The molecule has 2 rings (SSSR count). The van der Waals surface area contributed by atoms with Crippen LogP contribution in [0.4, 0.5) is 5.69 Å². The Kier molecular flexibility index (Phi) is 3.75. The zero-order chi connectivity index (χ0) is 12.3. The van der Waals surface area contributed by atoms with Crippen LogP contribution in [-0.2, 0) is 11.3 Å². The molecule has 1 aliphatic heterocycles. The molecule has 1 unspecified atom stereocenters. The lowest BCUT2D eigenvalue weighted by Crippen LogP contribution is -2.37. The van der Waals surface area contributed by atoms with Crippen molar-refractivity contribution in [1.82, 2.24) is 9.78 Å². The molecule has 1 saturated heterocycles. The van der Waals surface area contributed by atoms with Crippen LogP contribution < -0.4 is 10.5 Å². The Bertz CT molecular complexity index is 424. The largest absolute Gasteiger partial charge is 0.391 e. The summed E-state index contributed by atoms with van der Waals surface area (Å²) in [5.74, 6) is 0. The summed E-state index contributed by atoms with van der Waals surface area (Å²) in [6.07, 6.45) is 1.09. The van der Waals surface area contributed by atoms with Crippen LogP contribution in [0.5, 0.6) is 0 Å². The summed E-state index contributed by atoms with van der Waals surface area (Å²) < 4.78 is 6.52. The SMILES string of the molecule is CC(O)Cn1ncc(N2CCOCC2)cc1=O. The lowest BCUT2D eigenvalue weighted by atomic mass is 10.3. The Labute approximate surface area is 99.4 Å². The highest BCUT2D eigenvalue weighted by molar-refractivity contribution is 5.43. The van der Waals surface area contributed by atoms with Crippen LogP contribution in [-0.4, -0.2) is 47.3 Å². The summed E-state index contributed by atoms with van der Waals surface area (Å²) in [6.45, 7) is 4.77. The van der Waals surface area contributed by atoms with E-state index in [1.165, 1.54) is 4.68 Å². The average molecular weight is 239 g/mol. The van der Waals surface area contributed by atoms with Gasteiger partial charge in [-0.05, 0) is 6.92 Å². The molecule has 6 nitrogen and oxygen atoms in total. The first kappa shape index (κ1) is 12.1. The number of nitrogens with zero attached hydrogens (tertiary/aromatic N) is 3. The number of ether oxygens (including phenoxy) is 1. The molecule has 17 heavy (non-hydrogen) atoms. The Balaban J connectivity index is 2.15. The maximum atomic E-state index is 11.7. The predicted octanol–water partition coefficient (Wildman–Crippen LogP) is -0.539. The zero-order valence-corrected chi connectivity index (χ0v) is 9.87. The number of morpholine rings is 1. The van der Waals surface area contributed by atoms with Gasteiger partial charge in [0.15, 0.2) is 0 Å². The molecule has 1 aromatic heterocycles. The van der Waals surface area contributed by atoms with Gasteiger partial charge < -0.3 is 14.7 Å². The average Bonchev–Trinajstić information content (AvgIpc) is 2.32. The molecule has 1 fully saturated rings. The molecule has 0 radical (unpaired) electrons. The van der Waals surface area contributed by atoms with Crippen LogP contribution in [0, 0.1) is 0 Å². The first-order valence-electron chi connectivity index (χ1n) is 5.75. The summed E-state index contributed by atoms with van der Waals surface area (Å²) in [7, 11) is 0. The topological polar surface area (TPSA) is 67.6 Å². The molecule has 1 N–H and O–H groups in total. The lowest BCUT2D eigenvalue weighted by molar-refractivity contribution is 0.122. The summed E-state index contributed by atoms with van der Waals surface area (Å²) in [6, 6.07) is 1.56. The van der Waals surface area contributed by atoms with E-state index in [0.29, 0.717) is 13.2 Å². The van der Waals surface area contributed by atoms with Gasteiger partial charge in [-0.1, -0.05) is 0 Å². The molecule has 0 bridgehead atoms. The van der Waals surface area contributed by atoms with Gasteiger partial charge in [0.2, 0.25) is 0 Å². The zero-order valence-electron chi connectivity index (χ0n) is 9.87. The van der Waals surface area contributed by atoms with E-state index in [1.807, 2.05) is 0 Å². The quantitative estimate of drug-likeness (QED) is 0.767. The molecule has 2 heterocycles. The smallest absolute Gasteiger partial charge is 0.268 e. The number of aliphatic hydroxyl groups excluding tert-OH is 1. The van der Waals surface area contributed by atoms with Crippen LogP contribution in [0.25, 0.3) is 0 Å². The van der Waals surface area contributed by atoms with Crippen molar-refractivity contribution in [2.24, 2.45) is 0 Å². The third kappa shape index (κ3) is 3.04. The molecular formula is C11H17N3O3. The second kappa shape index (κ2) is 5.29. The van der Waals surface area contributed by atoms with Crippen molar-refractivity contribution in [1.29, 1.82) is 0 Å². The van der Waals surface area contributed by atoms with Crippen LogP contribution >= 0.6 is 0 Å². The van der Waals surface area contributed by atoms with Gasteiger partial charge >= 0.3 is 0 Å². The minimum atomic E-state index is -0.575. The highest BCUT2D eigenvalue weighted by Gasteiger charge is 2.12. The van der Waals surface area contributed by atoms with Gasteiger partial charge in [-0.15, -0.1) is 0 Å². The highest BCUT2D eigenvalue weighted by atomic mass is 16.5. The molecule has 6 heteroatoms. The van der Waals surface area contributed by atoms with E-state index in [2.05, 4.69) is 10.00 Å². The van der Waals surface area contributed by atoms with Crippen LogP contribution in [0.1, 0.15) is 6.92 Å². The fourth-order valence-electron chi connectivity index (χ4n) is 1.81. The van der Waals surface area contributed by atoms with Gasteiger partial charge in [0.25, 0.3) is 5.56 Å². The number of aliphatic hydroxyl groups is 1. The second-order valence-corrected chi connectivity index (χ2v) is 4.18. The molecular weight excluding hydrogens is 222 g/mol. The van der Waals surface area contributed by atoms with Crippen molar-refractivity contribution in [3.05, 3.63) is 22.6 Å². The van der Waals surface area contributed by atoms with Crippen LogP contribution in [0.2, 0.25) is 0 Å². The maximum Gasteiger partial charge on any atom is 0.268 e. The second-order valence-electron chi connectivity index (χ2n) is 4.18. The van der Waals surface area contributed by atoms with Crippen LogP contribution in [0.15, 0.2) is 17.1 Å². The van der Waals surface area contributed by atoms with Crippen LogP contribution in [0.3, 0.4) is 0 Å². The third-order valence-corrected chi connectivity index (χ3v) is 2.67. The molecule has 1 aromatic rings. The van der Waals surface area contributed by atoms with E-state index in [4.69, 9.17) is 4.74 Å². The standard InChI is InChI=1S/C11H17N3O3/c1-9(15)8-14-11(16)6-10(7-12-14)13-2-4-17-5-3-13/h6-7,9,15H,2-5,8H2,1H3. The molecule has 0 spiro atoms. The van der Waals surface area contributed by atoms with Crippen molar-refractivity contribution in [3.63, 3.8) is 0 Å². The van der Waals surface area contributed by atoms with Gasteiger partial charge in [0.05, 0.1) is 37.7 Å². The summed E-state index contributed by atoms with van der Waals surface area (Å²) >= 11 is 0. The molecule has 94 valence electrons. The van der Waals surface area contributed by atoms with Gasteiger partial charge in [-0.25, -0.2) is 4.68 Å². The molecule has 0 aromatic carbocycles. The van der Waals surface area contributed by atoms with Gasteiger partial charge in [0.1, 0.15) is 0 Å². The third-order valence-electron chi connectivity index (χ3n) is 2.67. The Morgan fingerprint density at radius 2 is 2.24 bits per heavy atom. The van der Waals surface area contributed by atoms with E-state index in [-0.39, 0.29) is 12.1 Å². The minimum Gasteiger partial charge on any atom is -0.391 e. The number of anilines is 1. The van der Waals surface area contributed by atoms with Crippen molar-refractivity contribution < 1.29 is 9.84 Å². The maximum absolute atomic E-state index is 11.7. The summed E-state index contributed by atoms with van der Waals surface area (Å²) in [4.78, 5) is 13.8. The van der Waals surface area contributed by atoms with E-state index < -0.39 is 6.10 Å². The Morgan fingerprint density at radius 3 is 2.82 bits per heavy atom. The van der Waals surface area contributed by atoms with Gasteiger partial charge in [-0.3, -0.25) is 4.79 Å². The predicted molar refractivity (Wildman–Crippen MR) is 63.2 cm³/mol. The number of hydrogen-bond acceptors (Lipinski definition) is 5. The molecule has 0 amide bonds. The Morgan fingerprint density at radius 1 is 1.53 bits per heavy atom. The van der Waals surface area contributed by atoms with Gasteiger partial charge in [-0.2, -0.15) is 5.10 Å². The van der Waals surface area contributed by atoms with Crippen molar-refractivity contribution >= 4 is 5.69 Å². The monoisotopic (exact) mass is 239 g/mol. The molecule has 1 atom stereocenters. The molecule has 0 saturated carbocycles. The molecule has 0 aliphatic carbocycles. The van der Waals surface area contributed by atoms with Crippen molar-refractivity contribution in [2.75, 3.05) is 31.2 Å². The number of hydrogen-bond donors (Lipinski definition) is 1. The number of aromatic nitrogens is 2. The Hall–Kier alpha value is -1.40. The van der Waals surface area contributed by atoms with Gasteiger partial charge in [0, 0.05) is 19.2 Å². The summed E-state index contributed by atoms with van der Waals surface area (Å²) in [5.41, 5.74) is 0.634. The fraction of sp³-hybridized carbons (Fsp3) is 0.636. The molecule has 1 aliphatic rings. The van der Waals surface area contributed by atoms with E-state index >= 15 is 0 Å². The van der Waals surface area contributed by atoms with E-state index in [9.17, 15) is 9.90 Å². The highest BCUT2D eigenvalue weighted by Crippen LogP contribution is 2.11. The first-order valence-corrected chi connectivity index (χ1v) is 5.75. The first-order chi connectivity index (χ1) is 8.16. The van der Waals surface area contributed by atoms with Crippen molar-refractivity contribution in [3.8, 4) is 0 Å². The van der Waals surface area contributed by atoms with E-state index in [1.54, 1.807) is 19.2 Å². The lowest BCUT2D eigenvalue weighted by Gasteiger charge is -2.28. The summed E-state index contributed by atoms with van der Waals surface area (Å²) in [5, 5.41) is 13.3. The fourth-order valence-corrected chi connectivity index (χ4v) is 1.81. The minimum absolute atomic E-state index is 0.185. The van der Waals surface area contributed by atoms with Crippen molar-refractivity contribution in [2.45, 2.75) is 19.6 Å². The van der Waals surface area contributed by atoms with E-state index in [0.717, 1.165) is 18.8 Å².